The van der Waals surface area contributed by atoms with Gasteiger partial charge in [0.05, 0.1) is 5.02 Å². The van der Waals surface area contributed by atoms with Crippen LogP contribution in [0.15, 0.2) is 18.2 Å². The summed E-state index contributed by atoms with van der Waals surface area (Å²) in [5.74, 6) is 0.0976. The van der Waals surface area contributed by atoms with E-state index in [0.29, 0.717) is 17.0 Å². The van der Waals surface area contributed by atoms with Crippen LogP contribution >= 0.6 is 27.5 Å². The van der Waals surface area contributed by atoms with Crippen LogP contribution in [0.2, 0.25) is 5.02 Å². The summed E-state index contributed by atoms with van der Waals surface area (Å²) in [5.41, 5.74) is 1.78. The van der Waals surface area contributed by atoms with Gasteiger partial charge in [-0.05, 0) is 24.1 Å². The number of alkyl halides is 1. The van der Waals surface area contributed by atoms with E-state index in [9.17, 15) is 4.79 Å². The molecule has 0 bridgehead atoms. The van der Waals surface area contributed by atoms with Crippen molar-refractivity contribution in [1.82, 2.24) is 0 Å². The van der Waals surface area contributed by atoms with Crippen LogP contribution in [0, 0.1) is 0 Å². The molecule has 0 saturated carbocycles. The van der Waals surface area contributed by atoms with E-state index in [1.54, 1.807) is 0 Å². The lowest BCUT2D eigenvalue weighted by molar-refractivity contribution is 0.0988. The second-order valence-corrected chi connectivity index (χ2v) is 4.23. The van der Waals surface area contributed by atoms with Crippen molar-refractivity contribution in [3.63, 3.8) is 0 Å². The molecule has 0 radical (unpaired) electrons. The zero-order valence-corrected chi connectivity index (χ0v) is 10.4. The van der Waals surface area contributed by atoms with Crippen LogP contribution in [0.3, 0.4) is 0 Å². The molecule has 0 unspecified atom stereocenters. The van der Waals surface area contributed by atoms with Gasteiger partial charge in [0.1, 0.15) is 0 Å². The number of Topliss-reactive ketones (excluding diaryl/α,β-unsaturated/α-hetero) is 1. The summed E-state index contributed by atoms with van der Waals surface area (Å²) in [7, 11) is 0. The molecular formula is C11H12BrClO. The molecule has 0 atom stereocenters. The Hall–Kier alpha value is -0.340. The third kappa shape index (κ3) is 2.82. The number of rotatable bonds is 4. The van der Waals surface area contributed by atoms with Crippen LogP contribution in [0.4, 0.5) is 0 Å². The topological polar surface area (TPSA) is 17.1 Å². The van der Waals surface area contributed by atoms with Crippen molar-refractivity contribution in [2.24, 2.45) is 0 Å². The summed E-state index contributed by atoms with van der Waals surface area (Å²) in [6.07, 6.45) is 1.43. The molecule has 0 aliphatic rings. The minimum atomic E-state index is 0.0976. The van der Waals surface area contributed by atoms with Crippen LogP contribution in [0.25, 0.3) is 0 Å². The smallest absolute Gasteiger partial charge is 0.164 e. The Morgan fingerprint density at radius 3 is 2.71 bits per heavy atom. The molecule has 0 fully saturated rings. The van der Waals surface area contributed by atoms with Crippen molar-refractivity contribution in [3.05, 3.63) is 34.3 Å². The first kappa shape index (κ1) is 11.7. The molecule has 76 valence electrons. The Bertz CT molecular complexity index is 336. The molecule has 0 aromatic heterocycles. The Labute approximate surface area is 97.6 Å². The first-order valence-electron chi connectivity index (χ1n) is 4.56. The first-order valence-corrected chi connectivity index (χ1v) is 6.06. The van der Waals surface area contributed by atoms with Crippen molar-refractivity contribution < 1.29 is 4.79 Å². The van der Waals surface area contributed by atoms with Crippen LogP contribution in [0.5, 0.6) is 0 Å². The van der Waals surface area contributed by atoms with Crippen molar-refractivity contribution in [3.8, 4) is 0 Å². The maximum absolute atomic E-state index is 11.4. The van der Waals surface area contributed by atoms with E-state index in [2.05, 4.69) is 15.9 Å². The van der Waals surface area contributed by atoms with Gasteiger partial charge in [0, 0.05) is 17.3 Å². The number of hydrogen-bond acceptors (Lipinski definition) is 1. The summed E-state index contributed by atoms with van der Waals surface area (Å²) in [4.78, 5) is 11.4. The van der Waals surface area contributed by atoms with Gasteiger partial charge in [0.25, 0.3) is 0 Å². The van der Waals surface area contributed by atoms with Crippen molar-refractivity contribution in [2.75, 3.05) is 5.33 Å². The first-order chi connectivity index (χ1) is 6.69. The fourth-order valence-electron chi connectivity index (χ4n) is 1.24. The lowest BCUT2D eigenvalue weighted by Gasteiger charge is -2.04. The van der Waals surface area contributed by atoms with Gasteiger partial charge in [-0.2, -0.15) is 0 Å². The highest BCUT2D eigenvalue weighted by Gasteiger charge is 2.08. The van der Waals surface area contributed by atoms with Crippen LogP contribution in [0.1, 0.15) is 29.3 Å². The van der Waals surface area contributed by atoms with E-state index < -0.39 is 0 Å². The van der Waals surface area contributed by atoms with Gasteiger partial charge in [-0.25, -0.2) is 0 Å². The average molecular weight is 276 g/mol. The SMILES string of the molecule is CCC(=O)c1ccc(CCBr)cc1Cl. The third-order valence-corrected chi connectivity index (χ3v) is 2.75. The molecule has 14 heavy (non-hydrogen) atoms. The zero-order chi connectivity index (χ0) is 10.6. The lowest BCUT2D eigenvalue weighted by Crippen LogP contribution is -1.98. The van der Waals surface area contributed by atoms with Gasteiger partial charge in [0.2, 0.25) is 0 Å². The number of hydrogen-bond donors (Lipinski definition) is 0. The molecule has 0 saturated heterocycles. The summed E-state index contributed by atoms with van der Waals surface area (Å²) >= 11 is 9.36. The number of carbonyl (C=O) groups is 1. The van der Waals surface area contributed by atoms with Crippen molar-refractivity contribution >= 4 is 33.3 Å². The monoisotopic (exact) mass is 274 g/mol. The molecule has 1 nitrogen and oxygen atoms in total. The standard InChI is InChI=1S/C11H12BrClO/c1-2-11(14)9-4-3-8(5-6-12)7-10(9)13/h3-4,7H,2,5-6H2,1H3. The summed E-state index contributed by atoms with van der Waals surface area (Å²) < 4.78 is 0. The van der Waals surface area contributed by atoms with Crippen LogP contribution in [-0.2, 0) is 6.42 Å². The van der Waals surface area contributed by atoms with E-state index in [4.69, 9.17) is 11.6 Å². The minimum absolute atomic E-state index is 0.0976. The molecule has 0 amide bonds. The number of halogens is 2. The van der Waals surface area contributed by atoms with Crippen molar-refractivity contribution in [2.45, 2.75) is 19.8 Å². The van der Waals surface area contributed by atoms with E-state index in [0.717, 1.165) is 17.3 Å². The largest absolute Gasteiger partial charge is 0.294 e. The normalized spacial score (nSPS) is 10.2. The summed E-state index contributed by atoms with van der Waals surface area (Å²) in [5, 5.41) is 1.47. The van der Waals surface area contributed by atoms with Gasteiger partial charge in [-0.15, -0.1) is 0 Å². The fraction of sp³-hybridized carbons (Fsp3) is 0.364. The fourth-order valence-corrected chi connectivity index (χ4v) is 2.01. The van der Waals surface area contributed by atoms with Gasteiger partial charge in [0.15, 0.2) is 5.78 Å². The van der Waals surface area contributed by atoms with E-state index in [1.165, 1.54) is 0 Å². The lowest BCUT2D eigenvalue weighted by atomic mass is 10.1. The highest BCUT2D eigenvalue weighted by Crippen LogP contribution is 2.20. The highest BCUT2D eigenvalue weighted by atomic mass is 79.9. The molecular weight excluding hydrogens is 263 g/mol. The summed E-state index contributed by atoms with van der Waals surface area (Å²) in [6.45, 7) is 1.84. The zero-order valence-electron chi connectivity index (χ0n) is 8.02. The second-order valence-electron chi connectivity index (χ2n) is 3.03. The third-order valence-electron chi connectivity index (χ3n) is 2.04. The van der Waals surface area contributed by atoms with Crippen LogP contribution < -0.4 is 0 Å². The average Bonchev–Trinajstić information content (AvgIpc) is 2.17. The highest BCUT2D eigenvalue weighted by molar-refractivity contribution is 9.09. The Balaban J connectivity index is 2.95. The molecule has 0 aliphatic heterocycles. The molecule has 0 aliphatic carbocycles. The molecule has 1 rings (SSSR count). The van der Waals surface area contributed by atoms with Crippen LogP contribution in [-0.4, -0.2) is 11.1 Å². The minimum Gasteiger partial charge on any atom is -0.294 e. The Kier molecular flexibility index (Phi) is 4.63. The maximum atomic E-state index is 11.4. The van der Waals surface area contributed by atoms with Gasteiger partial charge in [-0.1, -0.05) is 40.5 Å². The Morgan fingerprint density at radius 1 is 1.50 bits per heavy atom. The quantitative estimate of drug-likeness (QED) is 0.602. The number of aryl methyl sites for hydroxylation is 1. The Morgan fingerprint density at radius 2 is 2.21 bits per heavy atom. The van der Waals surface area contributed by atoms with Crippen molar-refractivity contribution in [1.29, 1.82) is 0 Å². The predicted molar refractivity (Wildman–Crippen MR) is 63.6 cm³/mol. The second kappa shape index (κ2) is 5.52. The van der Waals surface area contributed by atoms with Gasteiger partial charge < -0.3 is 0 Å². The maximum Gasteiger partial charge on any atom is 0.164 e. The van der Waals surface area contributed by atoms with E-state index in [1.807, 2.05) is 25.1 Å². The molecule has 0 spiro atoms. The summed E-state index contributed by atoms with van der Waals surface area (Å²) in [6, 6.07) is 5.63. The van der Waals surface area contributed by atoms with E-state index >= 15 is 0 Å². The predicted octanol–water partition coefficient (Wildman–Crippen LogP) is 3.87. The molecule has 1 aromatic rings. The van der Waals surface area contributed by atoms with Gasteiger partial charge in [-0.3, -0.25) is 4.79 Å². The molecule has 1 aromatic carbocycles. The number of benzene rings is 1. The molecule has 0 N–H and O–H groups in total. The van der Waals surface area contributed by atoms with Gasteiger partial charge >= 0.3 is 0 Å². The molecule has 0 heterocycles. The van der Waals surface area contributed by atoms with E-state index in [-0.39, 0.29) is 5.78 Å². The number of ketones is 1. The molecule has 3 heteroatoms. The number of carbonyl (C=O) groups excluding carboxylic acids is 1.